The predicted molar refractivity (Wildman–Crippen MR) is 57.4 cm³/mol. The molecular weight excluding hydrogens is 210 g/mol. The van der Waals surface area contributed by atoms with Gasteiger partial charge in [0.25, 0.3) is 0 Å². The topological polar surface area (TPSA) is 86.6 Å². The summed E-state index contributed by atoms with van der Waals surface area (Å²) >= 11 is 0. The van der Waals surface area contributed by atoms with Crippen molar-refractivity contribution >= 4 is 11.9 Å². The highest BCUT2D eigenvalue weighted by Gasteiger charge is 2.16. The normalized spacial score (nSPS) is 11.8. The minimum Gasteiger partial charge on any atom is -0.508 e. The van der Waals surface area contributed by atoms with E-state index in [9.17, 15) is 9.59 Å². The molecule has 86 valence electrons. The Bertz CT molecular complexity index is 385. The third-order valence-corrected chi connectivity index (χ3v) is 2.16. The lowest BCUT2D eigenvalue weighted by atomic mass is 10.0. The van der Waals surface area contributed by atoms with Gasteiger partial charge < -0.3 is 15.5 Å². The number of benzene rings is 1. The van der Waals surface area contributed by atoms with Gasteiger partial charge in [-0.2, -0.15) is 0 Å². The number of hydrogen-bond donors (Lipinski definition) is 3. The molecule has 0 saturated heterocycles. The lowest BCUT2D eigenvalue weighted by Crippen LogP contribution is -2.40. The van der Waals surface area contributed by atoms with E-state index in [2.05, 4.69) is 5.32 Å². The average Bonchev–Trinajstić information content (AvgIpc) is 2.19. The number of amides is 1. The van der Waals surface area contributed by atoms with Crippen molar-refractivity contribution in [1.82, 2.24) is 5.32 Å². The van der Waals surface area contributed by atoms with E-state index in [-0.39, 0.29) is 18.0 Å². The van der Waals surface area contributed by atoms with Gasteiger partial charge in [0.1, 0.15) is 5.75 Å². The van der Waals surface area contributed by atoms with Crippen LogP contribution in [0.4, 0.5) is 4.79 Å². The molecule has 16 heavy (non-hydrogen) atoms. The van der Waals surface area contributed by atoms with Crippen LogP contribution in [0.5, 0.6) is 5.75 Å². The lowest BCUT2D eigenvalue weighted by molar-refractivity contribution is -0.118. The monoisotopic (exact) mass is 223 g/mol. The fourth-order valence-corrected chi connectivity index (χ4v) is 1.31. The van der Waals surface area contributed by atoms with Gasteiger partial charge in [0, 0.05) is 0 Å². The van der Waals surface area contributed by atoms with Gasteiger partial charge in [0.05, 0.1) is 6.04 Å². The molecule has 0 spiro atoms. The van der Waals surface area contributed by atoms with E-state index in [0.717, 1.165) is 5.56 Å². The first-order valence-electron chi connectivity index (χ1n) is 4.77. The summed E-state index contributed by atoms with van der Waals surface area (Å²) < 4.78 is 0. The number of carboxylic acid groups (broad SMARTS) is 1. The zero-order chi connectivity index (χ0) is 12.1. The van der Waals surface area contributed by atoms with Crippen LogP contribution in [-0.4, -0.2) is 28.1 Å². The van der Waals surface area contributed by atoms with Gasteiger partial charge in [0.2, 0.25) is 0 Å². The number of ketones is 1. The molecule has 1 rings (SSSR count). The molecule has 3 N–H and O–H groups in total. The summed E-state index contributed by atoms with van der Waals surface area (Å²) in [5.41, 5.74) is 0.784. The number of hydrogen-bond acceptors (Lipinski definition) is 3. The third-order valence-electron chi connectivity index (χ3n) is 2.16. The molecule has 0 aromatic heterocycles. The Morgan fingerprint density at radius 2 is 1.88 bits per heavy atom. The van der Waals surface area contributed by atoms with E-state index >= 15 is 0 Å². The number of nitrogens with one attached hydrogen (secondary N) is 1. The second-order valence-electron chi connectivity index (χ2n) is 3.48. The maximum absolute atomic E-state index is 11.2. The maximum atomic E-state index is 11.2. The molecule has 1 aromatic rings. The summed E-state index contributed by atoms with van der Waals surface area (Å²) in [4.78, 5) is 21.6. The molecule has 5 heteroatoms. The van der Waals surface area contributed by atoms with Gasteiger partial charge in [-0.1, -0.05) is 12.1 Å². The van der Waals surface area contributed by atoms with Gasteiger partial charge >= 0.3 is 6.09 Å². The van der Waals surface area contributed by atoms with E-state index in [1.54, 1.807) is 12.1 Å². The van der Waals surface area contributed by atoms with Crippen molar-refractivity contribution in [3.8, 4) is 5.75 Å². The summed E-state index contributed by atoms with van der Waals surface area (Å²) in [7, 11) is 0. The average molecular weight is 223 g/mol. The van der Waals surface area contributed by atoms with Gasteiger partial charge in [-0.3, -0.25) is 4.79 Å². The summed E-state index contributed by atoms with van der Waals surface area (Å²) in [6, 6.07) is 5.53. The molecule has 1 aromatic carbocycles. The molecule has 0 heterocycles. The fraction of sp³-hybridized carbons (Fsp3) is 0.273. The summed E-state index contributed by atoms with van der Waals surface area (Å²) in [5.74, 6) is -0.107. The van der Waals surface area contributed by atoms with Crippen LogP contribution in [0.15, 0.2) is 24.3 Å². The molecule has 0 saturated carbocycles. The van der Waals surface area contributed by atoms with Crippen LogP contribution >= 0.6 is 0 Å². The zero-order valence-electron chi connectivity index (χ0n) is 8.80. The Balaban J connectivity index is 2.71. The van der Waals surface area contributed by atoms with Crippen LogP contribution in [0.1, 0.15) is 12.5 Å². The smallest absolute Gasteiger partial charge is 0.405 e. The highest BCUT2D eigenvalue weighted by Crippen LogP contribution is 2.11. The minimum absolute atomic E-state index is 0.134. The van der Waals surface area contributed by atoms with Crippen LogP contribution in [0, 0.1) is 0 Å². The summed E-state index contributed by atoms with van der Waals surface area (Å²) in [5, 5.41) is 19.8. The Morgan fingerprint density at radius 3 is 2.31 bits per heavy atom. The van der Waals surface area contributed by atoms with Gasteiger partial charge in [-0.15, -0.1) is 0 Å². The second kappa shape index (κ2) is 5.16. The number of rotatable bonds is 4. The Labute approximate surface area is 92.7 Å². The summed E-state index contributed by atoms with van der Waals surface area (Å²) in [6.45, 7) is 1.33. The number of carbonyl (C=O) groups is 2. The van der Waals surface area contributed by atoms with Crippen molar-refractivity contribution in [2.45, 2.75) is 19.4 Å². The summed E-state index contributed by atoms with van der Waals surface area (Å²) in [6.07, 6.45) is -0.943. The minimum atomic E-state index is -1.22. The highest BCUT2D eigenvalue weighted by molar-refractivity contribution is 5.85. The van der Waals surface area contributed by atoms with Crippen LogP contribution in [-0.2, 0) is 11.2 Å². The number of Topliss-reactive ketones (excluding diaryl/α,β-unsaturated/α-hetero) is 1. The zero-order valence-corrected chi connectivity index (χ0v) is 8.80. The van der Waals surface area contributed by atoms with E-state index < -0.39 is 12.1 Å². The molecule has 1 atom stereocenters. The molecule has 0 aliphatic carbocycles. The van der Waals surface area contributed by atoms with Crippen molar-refractivity contribution in [3.63, 3.8) is 0 Å². The van der Waals surface area contributed by atoms with E-state index in [1.807, 2.05) is 0 Å². The van der Waals surface area contributed by atoms with E-state index in [1.165, 1.54) is 19.1 Å². The first kappa shape index (κ1) is 12.0. The van der Waals surface area contributed by atoms with E-state index in [0.29, 0.717) is 0 Å². The van der Waals surface area contributed by atoms with Crippen molar-refractivity contribution in [3.05, 3.63) is 29.8 Å². The Kier molecular flexibility index (Phi) is 3.88. The Hall–Kier alpha value is -2.04. The van der Waals surface area contributed by atoms with Crippen molar-refractivity contribution < 1.29 is 19.8 Å². The van der Waals surface area contributed by atoms with Crippen molar-refractivity contribution in [2.75, 3.05) is 0 Å². The highest BCUT2D eigenvalue weighted by atomic mass is 16.4. The van der Waals surface area contributed by atoms with Gasteiger partial charge in [-0.05, 0) is 31.0 Å². The van der Waals surface area contributed by atoms with Crippen molar-refractivity contribution in [2.24, 2.45) is 0 Å². The molecule has 1 amide bonds. The molecule has 0 aliphatic rings. The standard InChI is InChI=1S/C11H13NO4/c1-7(13)10(12-11(15)16)6-8-2-4-9(14)5-3-8/h2-5,10,12,14H,6H2,1H3,(H,15,16)/t10-/m0/s1. The molecule has 0 radical (unpaired) electrons. The van der Waals surface area contributed by atoms with Gasteiger partial charge in [-0.25, -0.2) is 4.79 Å². The predicted octanol–water partition coefficient (Wildman–Crippen LogP) is 1.16. The van der Waals surface area contributed by atoms with Crippen molar-refractivity contribution in [1.29, 1.82) is 0 Å². The molecule has 0 fully saturated rings. The van der Waals surface area contributed by atoms with Crippen LogP contribution in [0.3, 0.4) is 0 Å². The fourth-order valence-electron chi connectivity index (χ4n) is 1.31. The Morgan fingerprint density at radius 1 is 1.31 bits per heavy atom. The molecular formula is C11H13NO4. The molecule has 0 aliphatic heterocycles. The number of carbonyl (C=O) groups excluding carboxylic acids is 1. The van der Waals surface area contributed by atoms with Crippen LogP contribution < -0.4 is 5.32 Å². The quantitative estimate of drug-likeness (QED) is 0.714. The van der Waals surface area contributed by atoms with Crippen LogP contribution in [0.2, 0.25) is 0 Å². The number of phenols is 1. The first-order valence-corrected chi connectivity index (χ1v) is 4.77. The third kappa shape index (κ3) is 3.61. The number of phenolic OH excluding ortho intramolecular Hbond substituents is 1. The van der Waals surface area contributed by atoms with Crippen LogP contribution in [0.25, 0.3) is 0 Å². The molecule has 0 unspecified atom stereocenters. The number of aromatic hydroxyl groups is 1. The molecule has 5 nitrogen and oxygen atoms in total. The lowest BCUT2D eigenvalue weighted by Gasteiger charge is -2.13. The largest absolute Gasteiger partial charge is 0.508 e. The molecule has 0 bridgehead atoms. The van der Waals surface area contributed by atoms with Gasteiger partial charge in [0.15, 0.2) is 5.78 Å². The maximum Gasteiger partial charge on any atom is 0.405 e. The SMILES string of the molecule is CC(=O)[C@H](Cc1ccc(O)cc1)NC(=O)O. The van der Waals surface area contributed by atoms with E-state index in [4.69, 9.17) is 10.2 Å². The first-order chi connectivity index (χ1) is 7.49. The second-order valence-corrected chi connectivity index (χ2v) is 3.48.